The summed E-state index contributed by atoms with van der Waals surface area (Å²) in [6, 6.07) is 5.28. The normalized spacial score (nSPS) is 10.7. The molecule has 0 spiro atoms. The summed E-state index contributed by atoms with van der Waals surface area (Å²) in [6.45, 7) is 4.50. The molecule has 0 saturated carbocycles. The molecule has 1 rings (SSSR count). The highest BCUT2D eigenvalue weighted by atomic mass is 35.5. The monoisotopic (exact) mass is 237 g/mol. The van der Waals surface area contributed by atoms with E-state index in [0.29, 0.717) is 17.1 Å². The molecule has 1 amide bonds. The number of carbonyl (C=O) groups is 1. The summed E-state index contributed by atoms with van der Waals surface area (Å²) in [4.78, 5) is 11.8. The molecule has 0 radical (unpaired) electrons. The number of aryl methyl sites for hydroxylation is 1. The average molecular weight is 238 g/mol. The second-order valence-electron chi connectivity index (χ2n) is 3.57. The fourth-order valence-electron chi connectivity index (χ4n) is 1.41. The fourth-order valence-corrected chi connectivity index (χ4v) is 1.64. The molecule has 0 saturated heterocycles. The third kappa shape index (κ3) is 3.70. The van der Waals surface area contributed by atoms with Crippen LogP contribution in [0, 0.1) is 6.92 Å². The van der Waals surface area contributed by atoms with Gasteiger partial charge in [0.2, 0.25) is 0 Å². The first-order valence-electron chi connectivity index (χ1n) is 5.30. The van der Waals surface area contributed by atoms with Gasteiger partial charge >= 0.3 is 0 Å². The predicted molar refractivity (Wildman–Crippen MR) is 68.0 cm³/mol. The Kier molecular flexibility index (Phi) is 5.06. The van der Waals surface area contributed by atoms with E-state index in [1.807, 2.05) is 26.0 Å². The Labute approximate surface area is 101 Å². The van der Waals surface area contributed by atoms with Crippen molar-refractivity contribution in [3.05, 3.63) is 46.5 Å². The number of allylic oxidation sites excluding steroid dienone is 1. The minimum Gasteiger partial charge on any atom is -0.352 e. The van der Waals surface area contributed by atoms with Crippen molar-refractivity contribution in [1.82, 2.24) is 5.32 Å². The van der Waals surface area contributed by atoms with Crippen molar-refractivity contribution in [3.8, 4) is 0 Å². The zero-order valence-electron chi connectivity index (χ0n) is 9.59. The van der Waals surface area contributed by atoms with Crippen molar-refractivity contribution in [2.45, 2.75) is 20.3 Å². The molecular weight excluding hydrogens is 222 g/mol. The topological polar surface area (TPSA) is 29.1 Å². The molecule has 0 heterocycles. The number of nitrogens with one attached hydrogen (secondary N) is 1. The molecule has 0 aliphatic rings. The number of amides is 1. The molecule has 0 atom stereocenters. The van der Waals surface area contributed by atoms with Crippen molar-refractivity contribution in [2.24, 2.45) is 0 Å². The van der Waals surface area contributed by atoms with Crippen molar-refractivity contribution < 1.29 is 4.79 Å². The number of carbonyl (C=O) groups excluding carboxylic acids is 1. The smallest absolute Gasteiger partial charge is 0.251 e. The van der Waals surface area contributed by atoms with E-state index >= 15 is 0 Å². The maximum atomic E-state index is 11.8. The molecule has 0 aliphatic heterocycles. The van der Waals surface area contributed by atoms with E-state index in [4.69, 9.17) is 11.6 Å². The SMILES string of the molecule is C/C=C/CCNC(=O)c1ccc(Cl)cc1C. The van der Waals surface area contributed by atoms with Gasteiger partial charge < -0.3 is 5.32 Å². The molecule has 3 heteroatoms. The van der Waals surface area contributed by atoms with Crippen molar-refractivity contribution in [2.75, 3.05) is 6.54 Å². The minimum atomic E-state index is -0.0429. The third-order valence-corrected chi connectivity index (χ3v) is 2.50. The zero-order chi connectivity index (χ0) is 12.0. The molecular formula is C13H16ClNO. The van der Waals surface area contributed by atoms with Crippen LogP contribution in [-0.2, 0) is 0 Å². The highest BCUT2D eigenvalue weighted by Gasteiger charge is 2.07. The Balaban J connectivity index is 2.59. The van der Waals surface area contributed by atoms with Crippen LogP contribution in [0.15, 0.2) is 30.4 Å². The van der Waals surface area contributed by atoms with Crippen LogP contribution < -0.4 is 5.32 Å². The Morgan fingerprint density at radius 2 is 2.25 bits per heavy atom. The van der Waals surface area contributed by atoms with E-state index in [1.165, 1.54) is 0 Å². The average Bonchev–Trinajstić information content (AvgIpc) is 2.24. The lowest BCUT2D eigenvalue weighted by molar-refractivity contribution is 0.0954. The number of benzene rings is 1. The maximum absolute atomic E-state index is 11.8. The first kappa shape index (κ1) is 12.8. The van der Waals surface area contributed by atoms with E-state index in [-0.39, 0.29) is 5.91 Å². The van der Waals surface area contributed by atoms with Crippen LogP contribution in [0.5, 0.6) is 0 Å². The van der Waals surface area contributed by atoms with E-state index in [0.717, 1.165) is 12.0 Å². The lowest BCUT2D eigenvalue weighted by atomic mass is 10.1. The van der Waals surface area contributed by atoms with E-state index in [1.54, 1.807) is 18.2 Å². The summed E-state index contributed by atoms with van der Waals surface area (Å²) in [5.41, 5.74) is 1.58. The van der Waals surface area contributed by atoms with Crippen molar-refractivity contribution in [3.63, 3.8) is 0 Å². The van der Waals surface area contributed by atoms with Gasteiger partial charge in [-0.15, -0.1) is 0 Å². The molecule has 0 aliphatic carbocycles. The van der Waals surface area contributed by atoms with E-state index in [9.17, 15) is 4.79 Å². The summed E-state index contributed by atoms with van der Waals surface area (Å²) in [5, 5.41) is 3.52. The van der Waals surface area contributed by atoms with Crippen LogP contribution in [0.4, 0.5) is 0 Å². The van der Waals surface area contributed by atoms with Crippen LogP contribution in [-0.4, -0.2) is 12.5 Å². The molecule has 2 nitrogen and oxygen atoms in total. The fraction of sp³-hybridized carbons (Fsp3) is 0.308. The van der Waals surface area contributed by atoms with Crippen LogP contribution in [0.2, 0.25) is 5.02 Å². The lowest BCUT2D eigenvalue weighted by Crippen LogP contribution is -2.24. The lowest BCUT2D eigenvalue weighted by Gasteiger charge is -2.06. The third-order valence-electron chi connectivity index (χ3n) is 2.27. The standard InChI is InChI=1S/C13H16ClNO/c1-3-4-5-8-15-13(16)12-7-6-11(14)9-10(12)2/h3-4,6-7,9H,5,8H2,1-2H3,(H,15,16)/b4-3+. The largest absolute Gasteiger partial charge is 0.352 e. The van der Waals surface area contributed by atoms with Gasteiger partial charge in [-0.1, -0.05) is 23.8 Å². The minimum absolute atomic E-state index is 0.0429. The summed E-state index contributed by atoms with van der Waals surface area (Å²) < 4.78 is 0. The van der Waals surface area contributed by atoms with Gasteiger partial charge in [-0.2, -0.15) is 0 Å². The maximum Gasteiger partial charge on any atom is 0.251 e. The van der Waals surface area contributed by atoms with E-state index in [2.05, 4.69) is 5.32 Å². The first-order chi connectivity index (χ1) is 7.65. The molecule has 86 valence electrons. The molecule has 0 unspecified atom stereocenters. The number of hydrogen-bond acceptors (Lipinski definition) is 1. The van der Waals surface area contributed by atoms with Crippen molar-refractivity contribution >= 4 is 17.5 Å². The van der Waals surface area contributed by atoms with E-state index < -0.39 is 0 Å². The van der Waals surface area contributed by atoms with Gasteiger partial charge in [0.25, 0.3) is 5.91 Å². The predicted octanol–water partition coefficient (Wildman–Crippen LogP) is 3.34. The quantitative estimate of drug-likeness (QED) is 0.632. The summed E-state index contributed by atoms with van der Waals surface area (Å²) in [6.07, 6.45) is 4.85. The molecule has 16 heavy (non-hydrogen) atoms. The number of rotatable bonds is 4. The second kappa shape index (κ2) is 6.33. The Bertz CT molecular complexity index is 399. The highest BCUT2D eigenvalue weighted by Crippen LogP contribution is 2.14. The van der Waals surface area contributed by atoms with Gasteiger partial charge in [0.1, 0.15) is 0 Å². The van der Waals surface area contributed by atoms with Crippen LogP contribution in [0.25, 0.3) is 0 Å². The Morgan fingerprint density at radius 1 is 1.50 bits per heavy atom. The van der Waals surface area contributed by atoms with Gasteiger partial charge in [-0.25, -0.2) is 0 Å². The van der Waals surface area contributed by atoms with Crippen LogP contribution in [0.3, 0.4) is 0 Å². The molecule has 0 fully saturated rings. The Hall–Kier alpha value is -1.28. The second-order valence-corrected chi connectivity index (χ2v) is 4.01. The number of halogens is 1. The zero-order valence-corrected chi connectivity index (χ0v) is 10.3. The van der Waals surface area contributed by atoms with Gasteiger partial charge in [0.15, 0.2) is 0 Å². The molecule has 0 aromatic heterocycles. The number of hydrogen-bond donors (Lipinski definition) is 1. The summed E-state index contributed by atoms with van der Waals surface area (Å²) in [5.74, 6) is -0.0429. The summed E-state index contributed by atoms with van der Waals surface area (Å²) >= 11 is 5.83. The van der Waals surface area contributed by atoms with Gasteiger partial charge in [-0.3, -0.25) is 4.79 Å². The van der Waals surface area contributed by atoms with Gasteiger partial charge in [0, 0.05) is 17.1 Å². The molecule has 1 N–H and O–H groups in total. The van der Waals surface area contributed by atoms with Crippen LogP contribution >= 0.6 is 11.6 Å². The molecule has 1 aromatic rings. The first-order valence-corrected chi connectivity index (χ1v) is 5.68. The van der Waals surface area contributed by atoms with Gasteiger partial charge in [0.05, 0.1) is 0 Å². The van der Waals surface area contributed by atoms with Crippen LogP contribution in [0.1, 0.15) is 29.3 Å². The summed E-state index contributed by atoms with van der Waals surface area (Å²) in [7, 11) is 0. The van der Waals surface area contributed by atoms with Gasteiger partial charge in [-0.05, 0) is 44.0 Å². The Morgan fingerprint density at radius 3 is 2.88 bits per heavy atom. The molecule has 0 bridgehead atoms. The van der Waals surface area contributed by atoms with Crippen molar-refractivity contribution in [1.29, 1.82) is 0 Å². The molecule has 1 aromatic carbocycles. The highest BCUT2D eigenvalue weighted by molar-refractivity contribution is 6.30.